The second-order valence-corrected chi connectivity index (χ2v) is 10.5. The summed E-state index contributed by atoms with van der Waals surface area (Å²) in [7, 11) is 0. The largest absolute Gasteiger partial charge is 0.459 e. The minimum atomic E-state index is -0.458. The topological polar surface area (TPSA) is 75.7 Å². The molecule has 35 heavy (non-hydrogen) atoms. The average Bonchev–Trinajstić information content (AvgIpc) is 3.05. The first-order valence-corrected chi connectivity index (χ1v) is 12.8. The minimum absolute atomic E-state index is 0.219. The van der Waals surface area contributed by atoms with E-state index in [1.807, 2.05) is 55.5 Å². The summed E-state index contributed by atoms with van der Waals surface area (Å²) in [6.45, 7) is 5.49. The Labute approximate surface area is 221 Å². The number of amides is 2. The van der Waals surface area contributed by atoms with Crippen LogP contribution in [0.4, 0.5) is 11.4 Å². The number of benzene rings is 3. The highest BCUT2D eigenvalue weighted by atomic mass is 127. The molecule has 0 unspecified atom stereocenters. The molecule has 0 saturated carbocycles. The number of carbonyl (C=O) groups excluding carboxylic acids is 3. The summed E-state index contributed by atoms with van der Waals surface area (Å²) in [6, 6.07) is 21.5. The standard InChI is InChI=1S/C27H23IN2O4S/c1-16(2)34-27(33)18-9-12-20(13-10-18)30-25(31)23(29-22-14-11-19(28)15-17(22)3)24(26(30)32)35-21-7-5-4-6-8-21/h4-16,29H,1-3H3. The molecule has 0 radical (unpaired) electrons. The zero-order valence-corrected chi connectivity index (χ0v) is 22.3. The summed E-state index contributed by atoms with van der Waals surface area (Å²) < 4.78 is 6.30. The number of aryl methyl sites for hydroxylation is 1. The van der Waals surface area contributed by atoms with Gasteiger partial charge in [-0.2, -0.15) is 0 Å². The van der Waals surface area contributed by atoms with Crippen LogP contribution in [0.2, 0.25) is 0 Å². The summed E-state index contributed by atoms with van der Waals surface area (Å²) in [5.41, 5.74) is 2.66. The van der Waals surface area contributed by atoms with Crippen molar-refractivity contribution in [3.63, 3.8) is 0 Å². The lowest BCUT2D eigenvalue weighted by Crippen LogP contribution is -2.32. The first-order chi connectivity index (χ1) is 16.7. The Kier molecular flexibility index (Phi) is 7.61. The van der Waals surface area contributed by atoms with E-state index in [2.05, 4.69) is 27.9 Å². The quantitative estimate of drug-likeness (QED) is 0.200. The molecule has 4 rings (SSSR count). The van der Waals surface area contributed by atoms with E-state index in [0.29, 0.717) is 16.2 Å². The SMILES string of the molecule is Cc1cc(I)ccc1NC1=C(Sc2ccccc2)C(=O)N(c2ccc(C(=O)OC(C)C)cc2)C1=O. The van der Waals surface area contributed by atoms with Crippen LogP contribution in [0.5, 0.6) is 0 Å². The van der Waals surface area contributed by atoms with E-state index in [-0.39, 0.29) is 11.8 Å². The first-order valence-electron chi connectivity index (χ1n) is 10.9. The lowest BCUT2D eigenvalue weighted by molar-refractivity contribution is -0.120. The third kappa shape index (κ3) is 5.59. The number of imide groups is 1. The second kappa shape index (κ2) is 10.7. The maximum Gasteiger partial charge on any atom is 0.338 e. The predicted molar refractivity (Wildman–Crippen MR) is 146 cm³/mol. The van der Waals surface area contributed by atoms with Gasteiger partial charge in [0.25, 0.3) is 11.8 Å². The fraction of sp³-hybridized carbons (Fsp3) is 0.148. The van der Waals surface area contributed by atoms with Gasteiger partial charge in [-0.25, -0.2) is 9.69 Å². The lowest BCUT2D eigenvalue weighted by Gasteiger charge is -2.16. The van der Waals surface area contributed by atoms with Crippen molar-refractivity contribution >= 4 is 63.5 Å². The van der Waals surface area contributed by atoms with Crippen molar-refractivity contribution in [3.05, 3.63) is 98.1 Å². The smallest absolute Gasteiger partial charge is 0.338 e. The van der Waals surface area contributed by atoms with Crippen LogP contribution < -0.4 is 10.2 Å². The normalized spacial score (nSPS) is 13.6. The highest BCUT2D eigenvalue weighted by molar-refractivity contribution is 14.1. The number of halogens is 1. The van der Waals surface area contributed by atoms with Crippen molar-refractivity contribution in [2.75, 3.05) is 10.2 Å². The summed E-state index contributed by atoms with van der Waals surface area (Å²) in [4.78, 5) is 41.5. The van der Waals surface area contributed by atoms with Crippen LogP contribution in [-0.2, 0) is 14.3 Å². The van der Waals surface area contributed by atoms with Gasteiger partial charge in [0, 0.05) is 14.2 Å². The number of hydrogen-bond acceptors (Lipinski definition) is 6. The van der Waals surface area contributed by atoms with Crippen LogP contribution in [0.25, 0.3) is 0 Å². The Bertz CT molecular complexity index is 1320. The number of rotatable bonds is 7. The molecule has 8 heteroatoms. The number of hydrogen-bond donors (Lipinski definition) is 1. The first kappa shape index (κ1) is 25.0. The molecule has 0 saturated heterocycles. The average molecular weight is 598 g/mol. The number of carbonyl (C=O) groups is 3. The van der Waals surface area contributed by atoms with E-state index in [9.17, 15) is 14.4 Å². The molecule has 3 aromatic rings. The van der Waals surface area contributed by atoms with E-state index in [4.69, 9.17) is 4.74 Å². The van der Waals surface area contributed by atoms with Crippen LogP contribution in [0.15, 0.2) is 88.3 Å². The minimum Gasteiger partial charge on any atom is -0.459 e. The Balaban J connectivity index is 1.68. The van der Waals surface area contributed by atoms with Crippen molar-refractivity contribution in [1.82, 2.24) is 0 Å². The summed E-state index contributed by atoms with van der Waals surface area (Å²) in [5.74, 6) is -1.34. The number of nitrogens with zero attached hydrogens (tertiary/aromatic N) is 1. The summed E-state index contributed by atoms with van der Waals surface area (Å²) in [5, 5.41) is 3.21. The van der Waals surface area contributed by atoms with Gasteiger partial charge in [0.1, 0.15) is 10.6 Å². The fourth-order valence-corrected chi connectivity index (χ4v) is 5.08. The molecule has 178 valence electrons. The van der Waals surface area contributed by atoms with Crippen LogP contribution in [0.3, 0.4) is 0 Å². The molecule has 0 spiro atoms. The van der Waals surface area contributed by atoms with Crippen LogP contribution >= 0.6 is 34.4 Å². The molecule has 1 heterocycles. The zero-order valence-electron chi connectivity index (χ0n) is 19.4. The third-order valence-electron chi connectivity index (χ3n) is 5.16. The predicted octanol–water partition coefficient (Wildman–Crippen LogP) is 6.15. The molecule has 1 aliphatic heterocycles. The summed E-state index contributed by atoms with van der Waals surface area (Å²) in [6.07, 6.45) is -0.246. The van der Waals surface area contributed by atoms with Gasteiger partial charge in [0.15, 0.2) is 0 Å². The maximum absolute atomic E-state index is 13.5. The van der Waals surface area contributed by atoms with Crippen LogP contribution in [0, 0.1) is 10.5 Å². The Morgan fingerprint density at radius 1 is 0.971 bits per heavy atom. The van der Waals surface area contributed by atoms with Gasteiger partial charge in [-0.1, -0.05) is 30.0 Å². The van der Waals surface area contributed by atoms with Gasteiger partial charge < -0.3 is 10.1 Å². The van der Waals surface area contributed by atoms with Crippen molar-refractivity contribution in [1.29, 1.82) is 0 Å². The van der Waals surface area contributed by atoms with Crippen molar-refractivity contribution in [2.24, 2.45) is 0 Å². The highest BCUT2D eigenvalue weighted by Gasteiger charge is 2.40. The Hall–Kier alpha value is -3.11. The van der Waals surface area contributed by atoms with Gasteiger partial charge in [-0.3, -0.25) is 9.59 Å². The van der Waals surface area contributed by atoms with E-state index >= 15 is 0 Å². The van der Waals surface area contributed by atoms with E-state index in [1.54, 1.807) is 38.1 Å². The molecular formula is C27H23IN2O4S. The van der Waals surface area contributed by atoms with Crippen molar-refractivity contribution in [2.45, 2.75) is 31.8 Å². The lowest BCUT2D eigenvalue weighted by atomic mass is 10.2. The fourth-order valence-electron chi connectivity index (χ4n) is 3.49. The second-order valence-electron chi connectivity index (χ2n) is 8.15. The van der Waals surface area contributed by atoms with E-state index in [1.165, 1.54) is 11.8 Å². The van der Waals surface area contributed by atoms with Gasteiger partial charge >= 0.3 is 5.97 Å². The third-order valence-corrected chi connectivity index (χ3v) is 6.92. The number of anilines is 2. The van der Waals surface area contributed by atoms with Gasteiger partial charge in [0.05, 0.1) is 17.4 Å². The molecule has 1 N–H and O–H groups in total. The monoisotopic (exact) mass is 598 g/mol. The molecule has 0 atom stereocenters. The molecule has 6 nitrogen and oxygen atoms in total. The van der Waals surface area contributed by atoms with Crippen LogP contribution in [-0.4, -0.2) is 23.9 Å². The van der Waals surface area contributed by atoms with Crippen LogP contribution in [0.1, 0.15) is 29.8 Å². The Morgan fingerprint density at radius 2 is 1.66 bits per heavy atom. The molecule has 0 aromatic heterocycles. The molecule has 2 amide bonds. The molecular weight excluding hydrogens is 575 g/mol. The van der Waals surface area contributed by atoms with Gasteiger partial charge in [-0.05, 0) is 104 Å². The zero-order chi connectivity index (χ0) is 25.1. The number of ether oxygens (including phenoxy) is 1. The number of esters is 1. The molecule has 0 fully saturated rings. The molecule has 0 aliphatic carbocycles. The number of thioether (sulfide) groups is 1. The number of nitrogens with one attached hydrogen (secondary N) is 1. The molecule has 3 aromatic carbocycles. The Morgan fingerprint density at radius 3 is 2.29 bits per heavy atom. The van der Waals surface area contributed by atoms with Gasteiger partial charge in [0.2, 0.25) is 0 Å². The van der Waals surface area contributed by atoms with Crippen molar-refractivity contribution < 1.29 is 19.1 Å². The summed E-state index contributed by atoms with van der Waals surface area (Å²) >= 11 is 3.47. The molecule has 0 bridgehead atoms. The molecule has 1 aliphatic rings. The van der Waals surface area contributed by atoms with Gasteiger partial charge in [-0.15, -0.1) is 0 Å². The maximum atomic E-state index is 13.5. The van der Waals surface area contributed by atoms with Crippen molar-refractivity contribution in [3.8, 4) is 0 Å². The van der Waals surface area contributed by atoms with E-state index in [0.717, 1.165) is 24.6 Å². The highest BCUT2D eigenvalue weighted by Crippen LogP contribution is 2.38. The van der Waals surface area contributed by atoms with E-state index < -0.39 is 17.8 Å².